The third-order valence-electron chi connectivity index (χ3n) is 3.20. The van der Waals surface area contributed by atoms with Crippen LogP contribution in [0.4, 0.5) is 0 Å². The molecule has 0 aromatic carbocycles. The van der Waals surface area contributed by atoms with Crippen molar-refractivity contribution in [3.05, 3.63) is 0 Å². The van der Waals surface area contributed by atoms with E-state index in [-0.39, 0.29) is 6.61 Å². The lowest BCUT2D eigenvalue weighted by Gasteiger charge is -2.24. The summed E-state index contributed by atoms with van der Waals surface area (Å²) in [5.74, 6) is 0.311. The molecule has 1 heterocycles. The molecule has 5 heteroatoms. The van der Waals surface area contributed by atoms with Crippen molar-refractivity contribution in [3.63, 3.8) is 0 Å². The Morgan fingerprint density at radius 1 is 1.44 bits per heavy atom. The molecule has 5 nitrogen and oxygen atoms in total. The van der Waals surface area contributed by atoms with Crippen LogP contribution in [0.1, 0.15) is 38.5 Å². The Morgan fingerprint density at radius 2 is 2.25 bits per heavy atom. The molecule has 0 saturated carbocycles. The third kappa shape index (κ3) is 4.37. The van der Waals surface area contributed by atoms with Gasteiger partial charge in [0.25, 0.3) is 0 Å². The molecule has 4 N–H and O–H groups in total. The van der Waals surface area contributed by atoms with Gasteiger partial charge in [0.2, 0.25) is 0 Å². The molecule has 0 amide bonds. The predicted molar refractivity (Wildman–Crippen MR) is 63.6 cm³/mol. The van der Waals surface area contributed by atoms with Crippen molar-refractivity contribution in [2.75, 3.05) is 19.7 Å². The molecule has 1 saturated heterocycles. The molecule has 0 spiro atoms. The molecule has 1 aliphatic rings. The lowest BCUT2D eigenvalue weighted by Crippen LogP contribution is -2.31. The van der Waals surface area contributed by atoms with Crippen LogP contribution in [0.3, 0.4) is 0 Å². The molecular weight excluding hydrogens is 206 g/mol. The predicted octanol–water partition coefficient (Wildman–Crippen LogP) is 0.750. The van der Waals surface area contributed by atoms with Gasteiger partial charge in [0.05, 0.1) is 0 Å². The second kappa shape index (κ2) is 7.46. The molecule has 1 fully saturated rings. The fourth-order valence-electron chi connectivity index (χ4n) is 2.36. The van der Waals surface area contributed by atoms with Crippen molar-refractivity contribution in [2.45, 2.75) is 44.6 Å². The highest BCUT2D eigenvalue weighted by Crippen LogP contribution is 2.21. The van der Waals surface area contributed by atoms with Crippen molar-refractivity contribution in [2.24, 2.45) is 10.9 Å². The number of amidine groups is 1. The van der Waals surface area contributed by atoms with E-state index in [0.717, 1.165) is 32.4 Å². The van der Waals surface area contributed by atoms with Crippen molar-refractivity contribution < 1.29 is 10.3 Å². The van der Waals surface area contributed by atoms with E-state index < -0.39 is 0 Å². The van der Waals surface area contributed by atoms with Crippen LogP contribution in [-0.2, 0) is 0 Å². The van der Waals surface area contributed by atoms with Gasteiger partial charge in [-0.1, -0.05) is 5.16 Å². The van der Waals surface area contributed by atoms with Gasteiger partial charge in [-0.05, 0) is 45.2 Å². The normalized spacial score (nSPS) is 22.8. The van der Waals surface area contributed by atoms with Crippen molar-refractivity contribution in [3.8, 4) is 0 Å². The van der Waals surface area contributed by atoms with Gasteiger partial charge in [-0.15, -0.1) is 0 Å². The zero-order valence-electron chi connectivity index (χ0n) is 9.81. The Balaban J connectivity index is 2.19. The summed E-state index contributed by atoms with van der Waals surface area (Å²) >= 11 is 0. The highest BCUT2D eigenvalue weighted by molar-refractivity contribution is 5.79. The molecule has 16 heavy (non-hydrogen) atoms. The maximum atomic E-state index is 8.82. The molecule has 1 aliphatic heterocycles. The van der Waals surface area contributed by atoms with Crippen LogP contribution >= 0.6 is 0 Å². The highest BCUT2D eigenvalue weighted by atomic mass is 16.4. The van der Waals surface area contributed by atoms with Gasteiger partial charge >= 0.3 is 0 Å². The minimum atomic E-state index is 0.286. The molecule has 0 radical (unpaired) electrons. The lowest BCUT2D eigenvalue weighted by molar-refractivity contribution is 0.215. The fraction of sp³-hybridized carbons (Fsp3) is 0.909. The molecule has 1 unspecified atom stereocenters. The summed E-state index contributed by atoms with van der Waals surface area (Å²) in [6.07, 6.45) is 6.05. The van der Waals surface area contributed by atoms with E-state index in [2.05, 4.69) is 10.1 Å². The highest BCUT2D eigenvalue weighted by Gasteiger charge is 2.23. The summed E-state index contributed by atoms with van der Waals surface area (Å²) in [4.78, 5) is 2.46. The number of nitrogens with zero attached hydrogens (tertiary/aromatic N) is 2. The Morgan fingerprint density at radius 3 is 2.94 bits per heavy atom. The summed E-state index contributed by atoms with van der Waals surface area (Å²) < 4.78 is 0. The maximum Gasteiger partial charge on any atom is 0.139 e. The molecule has 0 aromatic rings. The molecular formula is C11H23N3O2. The number of oxime groups is 1. The van der Waals surface area contributed by atoms with Gasteiger partial charge < -0.3 is 20.9 Å². The quantitative estimate of drug-likeness (QED) is 0.260. The Labute approximate surface area is 96.9 Å². The average Bonchev–Trinajstić information content (AvgIpc) is 2.73. The maximum absolute atomic E-state index is 8.82. The Bertz CT molecular complexity index is 221. The Hall–Kier alpha value is -0.810. The first-order chi connectivity index (χ1) is 7.77. The van der Waals surface area contributed by atoms with E-state index in [1.54, 1.807) is 0 Å². The van der Waals surface area contributed by atoms with E-state index in [0.29, 0.717) is 18.3 Å². The van der Waals surface area contributed by atoms with Crippen LogP contribution < -0.4 is 5.73 Å². The number of hydrogen-bond donors (Lipinski definition) is 3. The monoisotopic (exact) mass is 229 g/mol. The number of rotatable bonds is 7. The number of aliphatic hydroxyl groups is 1. The SMILES string of the molecule is NC(CCCN1CCCC1CCCO)=NO. The number of nitrogens with two attached hydrogens (primary N) is 1. The van der Waals surface area contributed by atoms with Crippen LogP contribution in [0.25, 0.3) is 0 Å². The van der Waals surface area contributed by atoms with E-state index in [1.165, 1.54) is 12.8 Å². The molecule has 94 valence electrons. The smallest absolute Gasteiger partial charge is 0.139 e. The minimum Gasteiger partial charge on any atom is -0.409 e. The van der Waals surface area contributed by atoms with E-state index in [1.807, 2.05) is 0 Å². The average molecular weight is 229 g/mol. The van der Waals surface area contributed by atoms with Gasteiger partial charge in [0.15, 0.2) is 0 Å². The first-order valence-electron chi connectivity index (χ1n) is 6.09. The summed E-state index contributed by atoms with van der Waals surface area (Å²) in [5, 5.41) is 20.2. The van der Waals surface area contributed by atoms with Crippen LogP contribution in [0, 0.1) is 0 Å². The molecule has 0 bridgehead atoms. The van der Waals surface area contributed by atoms with Crippen molar-refractivity contribution in [1.82, 2.24) is 4.90 Å². The van der Waals surface area contributed by atoms with E-state index in [9.17, 15) is 0 Å². The second-order valence-corrected chi connectivity index (χ2v) is 4.39. The van der Waals surface area contributed by atoms with Crippen LogP contribution in [-0.4, -0.2) is 46.8 Å². The summed E-state index contributed by atoms with van der Waals surface area (Å²) in [6, 6.07) is 0.624. The Kier molecular flexibility index (Phi) is 6.18. The summed E-state index contributed by atoms with van der Waals surface area (Å²) in [7, 11) is 0. The molecule has 0 aliphatic carbocycles. The van der Waals surface area contributed by atoms with E-state index >= 15 is 0 Å². The standard InChI is InChI=1S/C11H23N3O2/c12-11(13-16)6-2-8-14-7-1-4-10(14)5-3-9-15/h10,15-16H,1-9H2,(H2,12,13). The van der Waals surface area contributed by atoms with Crippen LogP contribution in [0.15, 0.2) is 5.16 Å². The zero-order valence-corrected chi connectivity index (χ0v) is 9.81. The van der Waals surface area contributed by atoms with Crippen molar-refractivity contribution >= 4 is 5.84 Å². The topological polar surface area (TPSA) is 82.1 Å². The number of likely N-dealkylation sites (tertiary alicyclic amines) is 1. The lowest BCUT2D eigenvalue weighted by atomic mass is 10.1. The van der Waals surface area contributed by atoms with Gasteiger partial charge in [-0.3, -0.25) is 0 Å². The molecule has 1 atom stereocenters. The minimum absolute atomic E-state index is 0.286. The number of aliphatic hydroxyl groups excluding tert-OH is 1. The first kappa shape index (κ1) is 13.3. The van der Waals surface area contributed by atoms with Gasteiger partial charge in [0, 0.05) is 19.1 Å². The molecule has 1 rings (SSSR count). The van der Waals surface area contributed by atoms with Gasteiger partial charge in [0.1, 0.15) is 5.84 Å². The van der Waals surface area contributed by atoms with E-state index in [4.69, 9.17) is 16.0 Å². The van der Waals surface area contributed by atoms with Crippen molar-refractivity contribution in [1.29, 1.82) is 0 Å². The van der Waals surface area contributed by atoms with Crippen LogP contribution in [0.2, 0.25) is 0 Å². The fourth-order valence-corrected chi connectivity index (χ4v) is 2.36. The molecule has 0 aromatic heterocycles. The second-order valence-electron chi connectivity index (χ2n) is 4.39. The largest absolute Gasteiger partial charge is 0.409 e. The first-order valence-corrected chi connectivity index (χ1v) is 6.09. The number of hydrogen-bond acceptors (Lipinski definition) is 4. The summed E-state index contributed by atoms with van der Waals surface area (Å²) in [5.41, 5.74) is 5.42. The van der Waals surface area contributed by atoms with Crippen LogP contribution in [0.5, 0.6) is 0 Å². The van der Waals surface area contributed by atoms with Gasteiger partial charge in [-0.25, -0.2) is 0 Å². The zero-order chi connectivity index (χ0) is 11.8. The van der Waals surface area contributed by atoms with Gasteiger partial charge in [-0.2, -0.15) is 0 Å². The summed E-state index contributed by atoms with van der Waals surface area (Å²) in [6.45, 7) is 2.44. The third-order valence-corrected chi connectivity index (χ3v) is 3.20.